The highest BCUT2D eigenvalue weighted by atomic mass is 19.4. The number of halogens is 3. The molecule has 2 amide bonds. The Morgan fingerprint density at radius 2 is 1.96 bits per heavy atom. The first kappa shape index (κ1) is 16.2. The fraction of sp³-hybridized carbons (Fsp3) is 0.333. The van der Waals surface area contributed by atoms with Crippen LogP contribution in [0.2, 0.25) is 0 Å². The van der Waals surface area contributed by atoms with Crippen LogP contribution in [0.3, 0.4) is 0 Å². The molecule has 1 atom stereocenters. The van der Waals surface area contributed by atoms with Gasteiger partial charge in [0.15, 0.2) is 0 Å². The molecule has 1 saturated heterocycles. The first-order chi connectivity index (χ1) is 11.2. The van der Waals surface area contributed by atoms with Gasteiger partial charge in [0.2, 0.25) is 11.8 Å². The minimum atomic E-state index is -4.72. The number of carbonyl (C=O) groups excluding carboxylic acids is 2. The van der Waals surface area contributed by atoms with E-state index in [1.807, 2.05) is 0 Å². The van der Waals surface area contributed by atoms with Crippen molar-refractivity contribution in [2.45, 2.75) is 32.0 Å². The average Bonchev–Trinajstić information content (AvgIpc) is 2.47. The molecule has 0 aliphatic carbocycles. The standard InChI is InChI=1S/C15H12F3N3O3/c1-7-19-9-4-2-3-8(15(16,17)18)12(9)14(24)21(7)10-5-6-11(22)20-13(10)23/h2-4,10H,5-6H2,1H3,(H,20,22,23)/t10-/m0/s1. The maximum atomic E-state index is 13.2. The van der Waals surface area contributed by atoms with Gasteiger partial charge in [-0.2, -0.15) is 13.2 Å². The number of nitrogens with zero attached hydrogens (tertiary/aromatic N) is 2. The Bertz CT molecular complexity index is 918. The van der Waals surface area contributed by atoms with Crippen molar-refractivity contribution in [3.8, 4) is 0 Å². The molecule has 9 heteroatoms. The second-order valence-electron chi connectivity index (χ2n) is 5.50. The molecule has 1 aromatic heterocycles. The highest BCUT2D eigenvalue weighted by Gasteiger charge is 2.36. The fourth-order valence-corrected chi connectivity index (χ4v) is 2.89. The van der Waals surface area contributed by atoms with E-state index in [-0.39, 0.29) is 24.2 Å². The van der Waals surface area contributed by atoms with Crippen LogP contribution in [0.25, 0.3) is 10.9 Å². The number of amides is 2. The minimum Gasteiger partial charge on any atom is -0.295 e. The van der Waals surface area contributed by atoms with Crippen molar-refractivity contribution in [3.63, 3.8) is 0 Å². The van der Waals surface area contributed by atoms with E-state index in [9.17, 15) is 27.6 Å². The Morgan fingerprint density at radius 1 is 1.25 bits per heavy atom. The number of hydrogen-bond donors (Lipinski definition) is 1. The van der Waals surface area contributed by atoms with Gasteiger partial charge in [0, 0.05) is 6.42 Å². The Morgan fingerprint density at radius 3 is 2.58 bits per heavy atom. The molecular formula is C15H12F3N3O3. The van der Waals surface area contributed by atoms with Gasteiger partial charge in [0.25, 0.3) is 5.56 Å². The second-order valence-corrected chi connectivity index (χ2v) is 5.50. The van der Waals surface area contributed by atoms with E-state index < -0.39 is 40.5 Å². The zero-order valence-corrected chi connectivity index (χ0v) is 12.5. The summed E-state index contributed by atoms with van der Waals surface area (Å²) in [5.41, 5.74) is -2.13. The molecule has 1 aliphatic rings. The number of hydrogen-bond acceptors (Lipinski definition) is 4. The van der Waals surface area contributed by atoms with Crippen molar-refractivity contribution >= 4 is 22.7 Å². The van der Waals surface area contributed by atoms with E-state index >= 15 is 0 Å². The number of rotatable bonds is 1. The third-order valence-corrected chi connectivity index (χ3v) is 3.93. The van der Waals surface area contributed by atoms with Gasteiger partial charge in [-0.3, -0.25) is 24.3 Å². The monoisotopic (exact) mass is 339 g/mol. The zero-order chi connectivity index (χ0) is 17.6. The summed E-state index contributed by atoms with van der Waals surface area (Å²) in [7, 11) is 0. The van der Waals surface area contributed by atoms with E-state index in [2.05, 4.69) is 10.3 Å². The molecule has 0 unspecified atom stereocenters. The van der Waals surface area contributed by atoms with E-state index in [0.717, 1.165) is 10.6 Å². The van der Waals surface area contributed by atoms with Crippen molar-refractivity contribution in [2.75, 3.05) is 0 Å². The van der Waals surface area contributed by atoms with Crippen LogP contribution in [0.4, 0.5) is 13.2 Å². The van der Waals surface area contributed by atoms with Crippen LogP contribution in [-0.2, 0) is 15.8 Å². The molecule has 2 aromatic rings. The van der Waals surface area contributed by atoms with E-state index in [1.54, 1.807) is 0 Å². The molecule has 1 N–H and O–H groups in total. The van der Waals surface area contributed by atoms with Gasteiger partial charge in [-0.15, -0.1) is 0 Å². The Kier molecular flexibility index (Phi) is 3.66. The number of benzene rings is 1. The van der Waals surface area contributed by atoms with Crippen LogP contribution in [0.15, 0.2) is 23.0 Å². The van der Waals surface area contributed by atoms with Gasteiger partial charge in [0.1, 0.15) is 11.9 Å². The van der Waals surface area contributed by atoms with Gasteiger partial charge in [-0.05, 0) is 25.5 Å². The molecular weight excluding hydrogens is 327 g/mol. The largest absolute Gasteiger partial charge is 0.417 e. The molecule has 6 nitrogen and oxygen atoms in total. The van der Waals surface area contributed by atoms with Gasteiger partial charge in [-0.1, -0.05) is 6.07 Å². The molecule has 1 aromatic carbocycles. The SMILES string of the molecule is Cc1nc2cccc(C(F)(F)F)c2c(=O)n1[C@H]1CCC(=O)NC1=O. The lowest BCUT2D eigenvalue weighted by Crippen LogP contribution is -2.45. The summed E-state index contributed by atoms with van der Waals surface area (Å²) >= 11 is 0. The Labute approximate surface area is 133 Å². The van der Waals surface area contributed by atoms with Gasteiger partial charge in [0.05, 0.1) is 16.5 Å². The summed E-state index contributed by atoms with van der Waals surface area (Å²) in [6, 6.07) is 2.23. The van der Waals surface area contributed by atoms with Crippen molar-refractivity contribution in [2.24, 2.45) is 0 Å². The summed E-state index contributed by atoms with van der Waals surface area (Å²) in [6.07, 6.45) is -4.69. The van der Waals surface area contributed by atoms with Crippen LogP contribution < -0.4 is 10.9 Å². The lowest BCUT2D eigenvalue weighted by molar-refractivity contribution is -0.136. The number of piperidine rings is 1. The fourth-order valence-electron chi connectivity index (χ4n) is 2.89. The predicted molar refractivity (Wildman–Crippen MR) is 77.2 cm³/mol. The minimum absolute atomic E-state index is 0.00123. The van der Waals surface area contributed by atoms with Gasteiger partial charge in [-0.25, -0.2) is 4.98 Å². The summed E-state index contributed by atoms with van der Waals surface area (Å²) in [5.74, 6) is -1.09. The smallest absolute Gasteiger partial charge is 0.295 e. The molecule has 24 heavy (non-hydrogen) atoms. The number of carbonyl (C=O) groups is 2. The third-order valence-electron chi connectivity index (χ3n) is 3.93. The van der Waals surface area contributed by atoms with Crippen molar-refractivity contribution in [1.29, 1.82) is 0 Å². The van der Waals surface area contributed by atoms with Gasteiger partial charge < -0.3 is 0 Å². The van der Waals surface area contributed by atoms with E-state index in [1.165, 1.54) is 19.1 Å². The topological polar surface area (TPSA) is 81.1 Å². The van der Waals surface area contributed by atoms with Gasteiger partial charge >= 0.3 is 6.18 Å². The second kappa shape index (κ2) is 5.43. The Hall–Kier alpha value is -2.71. The van der Waals surface area contributed by atoms with Crippen LogP contribution in [0.5, 0.6) is 0 Å². The number of alkyl halides is 3. The van der Waals surface area contributed by atoms with Crippen molar-refractivity contribution in [1.82, 2.24) is 14.9 Å². The van der Waals surface area contributed by atoms with Crippen LogP contribution in [-0.4, -0.2) is 21.4 Å². The zero-order valence-electron chi connectivity index (χ0n) is 12.5. The quantitative estimate of drug-likeness (QED) is 0.802. The normalized spacial score (nSPS) is 18.8. The van der Waals surface area contributed by atoms with Crippen LogP contribution >= 0.6 is 0 Å². The molecule has 0 bridgehead atoms. The molecule has 2 heterocycles. The number of imide groups is 1. The molecule has 126 valence electrons. The number of aromatic nitrogens is 2. The maximum Gasteiger partial charge on any atom is 0.417 e. The third kappa shape index (κ3) is 2.55. The highest BCUT2D eigenvalue weighted by molar-refractivity contribution is 5.99. The molecule has 0 saturated carbocycles. The first-order valence-electron chi connectivity index (χ1n) is 7.13. The summed E-state index contributed by atoms with van der Waals surface area (Å²) in [4.78, 5) is 40.0. The van der Waals surface area contributed by atoms with Crippen molar-refractivity contribution < 1.29 is 22.8 Å². The number of fused-ring (bicyclic) bond motifs is 1. The number of nitrogens with one attached hydrogen (secondary N) is 1. The highest BCUT2D eigenvalue weighted by Crippen LogP contribution is 2.33. The summed E-state index contributed by atoms with van der Waals surface area (Å²) < 4.78 is 40.5. The summed E-state index contributed by atoms with van der Waals surface area (Å²) in [6.45, 7) is 1.44. The van der Waals surface area contributed by atoms with E-state index in [4.69, 9.17) is 0 Å². The molecule has 0 spiro atoms. The lowest BCUT2D eigenvalue weighted by atomic mass is 10.0. The molecule has 1 fully saturated rings. The average molecular weight is 339 g/mol. The van der Waals surface area contributed by atoms with Crippen LogP contribution in [0, 0.1) is 6.92 Å². The molecule has 1 aliphatic heterocycles. The maximum absolute atomic E-state index is 13.2. The van der Waals surface area contributed by atoms with E-state index in [0.29, 0.717) is 0 Å². The molecule has 3 rings (SSSR count). The molecule has 0 radical (unpaired) electrons. The number of aryl methyl sites for hydroxylation is 1. The van der Waals surface area contributed by atoms with Crippen molar-refractivity contribution in [3.05, 3.63) is 39.9 Å². The first-order valence-corrected chi connectivity index (χ1v) is 7.13. The lowest BCUT2D eigenvalue weighted by Gasteiger charge is -2.24. The Balaban J connectivity index is 2.29. The van der Waals surface area contributed by atoms with Crippen LogP contribution in [0.1, 0.15) is 30.3 Å². The summed E-state index contributed by atoms with van der Waals surface area (Å²) in [5, 5.41) is 1.50. The predicted octanol–water partition coefficient (Wildman–Crippen LogP) is 1.70.